The molecule has 0 saturated heterocycles. The van der Waals surface area contributed by atoms with Crippen LogP contribution < -0.4 is 5.73 Å². The Morgan fingerprint density at radius 3 is 2.36 bits per heavy atom. The number of aromatic nitrogens is 1. The minimum Gasteiger partial charge on any atom is -0.374 e. The number of pyridine rings is 1. The van der Waals surface area contributed by atoms with Gasteiger partial charge >= 0.3 is 6.18 Å². The highest BCUT2D eigenvalue weighted by atomic mass is 35.5. The standard InChI is InChI=1S/C16H14ClF5N2O/c17-11-7-10(1-2-12(11)19)13-5-9(3-4-18)6-14(24-13)15(25,8-23)16(20,21)22/h1-2,5-7,25H,3-4,8,23H2. The van der Waals surface area contributed by atoms with E-state index >= 15 is 0 Å². The van der Waals surface area contributed by atoms with Crippen LogP contribution in [-0.2, 0) is 12.0 Å². The van der Waals surface area contributed by atoms with E-state index in [2.05, 4.69) is 4.98 Å². The molecule has 1 aromatic carbocycles. The van der Waals surface area contributed by atoms with E-state index < -0.39 is 36.5 Å². The molecule has 1 heterocycles. The summed E-state index contributed by atoms with van der Waals surface area (Å²) in [5.74, 6) is -0.709. The third-order valence-corrected chi connectivity index (χ3v) is 3.96. The Morgan fingerprint density at radius 1 is 1.16 bits per heavy atom. The maximum Gasteiger partial charge on any atom is 0.424 e. The number of aliphatic hydroxyl groups is 1. The highest BCUT2D eigenvalue weighted by Crippen LogP contribution is 2.38. The minimum absolute atomic E-state index is 0.0148. The van der Waals surface area contributed by atoms with Crippen molar-refractivity contribution in [2.24, 2.45) is 5.73 Å². The fourth-order valence-corrected chi connectivity index (χ4v) is 2.40. The number of nitrogens with zero attached hydrogens (tertiary/aromatic N) is 1. The van der Waals surface area contributed by atoms with Crippen LogP contribution in [0, 0.1) is 5.82 Å². The third-order valence-electron chi connectivity index (χ3n) is 3.67. The summed E-state index contributed by atoms with van der Waals surface area (Å²) in [5, 5.41) is 9.75. The molecule has 1 unspecified atom stereocenters. The van der Waals surface area contributed by atoms with Gasteiger partial charge in [-0.3, -0.25) is 4.39 Å². The average Bonchev–Trinajstić information content (AvgIpc) is 2.55. The predicted molar refractivity (Wildman–Crippen MR) is 83.3 cm³/mol. The van der Waals surface area contributed by atoms with Crippen molar-refractivity contribution in [3.05, 3.63) is 52.4 Å². The van der Waals surface area contributed by atoms with Crippen molar-refractivity contribution in [1.82, 2.24) is 4.98 Å². The van der Waals surface area contributed by atoms with Crippen LogP contribution in [0.15, 0.2) is 30.3 Å². The lowest BCUT2D eigenvalue weighted by molar-refractivity contribution is -0.263. The molecule has 0 fully saturated rings. The van der Waals surface area contributed by atoms with Gasteiger partial charge in [0.1, 0.15) is 5.82 Å². The maximum absolute atomic E-state index is 13.3. The Balaban J connectivity index is 2.66. The number of nitrogens with two attached hydrogens (primary N) is 1. The van der Waals surface area contributed by atoms with Crippen LogP contribution in [-0.4, -0.2) is 29.5 Å². The van der Waals surface area contributed by atoms with E-state index in [1.54, 1.807) is 0 Å². The highest BCUT2D eigenvalue weighted by molar-refractivity contribution is 6.31. The first-order valence-electron chi connectivity index (χ1n) is 7.14. The lowest BCUT2D eigenvalue weighted by Gasteiger charge is -2.29. The minimum atomic E-state index is -5.08. The van der Waals surface area contributed by atoms with E-state index in [-0.39, 0.29) is 28.3 Å². The molecule has 0 amide bonds. The van der Waals surface area contributed by atoms with Crippen molar-refractivity contribution < 1.29 is 27.1 Å². The first kappa shape index (κ1) is 19.6. The van der Waals surface area contributed by atoms with Gasteiger partial charge in [0.25, 0.3) is 0 Å². The van der Waals surface area contributed by atoms with Gasteiger partial charge in [-0.15, -0.1) is 0 Å². The maximum atomic E-state index is 13.3. The molecular formula is C16H14ClF5N2O. The van der Waals surface area contributed by atoms with Gasteiger partial charge in [-0.1, -0.05) is 11.6 Å². The Kier molecular flexibility index (Phi) is 5.65. The highest BCUT2D eigenvalue weighted by Gasteiger charge is 2.55. The summed E-state index contributed by atoms with van der Waals surface area (Å²) < 4.78 is 65.7. The van der Waals surface area contributed by atoms with Crippen molar-refractivity contribution in [2.45, 2.75) is 18.2 Å². The second-order valence-corrected chi connectivity index (χ2v) is 5.78. The lowest BCUT2D eigenvalue weighted by atomic mass is 9.95. The van der Waals surface area contributed by atoms with Crippen LogP contribution in [0.4, 0.5) is 22.0 Å². The van der Waals surface area contributed by atoms with Gasteiger partial charge < -0.3 is 10.8 Å². The van der Waals surface area contributed by atoms with E-state index in [0.717, 1.165) is 12.1 Å². The van der Waals surface area contributed by atoms with E-state index in [1.807, 2.05) is 0 Å². The van der Waals surface area contributed by atoms with Gasteiger partial charge in [-0.25, -0.2) is 9.37 Å². The molecule has 0 bridgehead atoms. The van der Waals surface area contributed by atoms with E-state index in [1.165, 1.54) is 18.2 Å². The van der Waals surface area contributed by atoms with Gasteiger partial charge in [-0.2, -0.15) is 13.2 Å². The third kappa shape index (κ3) is 3.91. The number of hydrogen-bond acceptors (Lipinski definition) is 3. The smallest absolute Gasteiger partial charge is 0.374 e. The molecule has 0 radical (unpaired) electrons. The SMILES string of the molecule is NCC(O)(c1cc(CCF)cc(-c2ccc(F)c(Cl)c2)n1)C(F)(F)F. The molecule has 1 atom stereocenters. The van der Waals surface area contributed by atoms with Gasteiger partial charge in [0, 0.05) is 18.5 Å². The zero-order valence-corrected chi connectivity index (χ0v) is 13.5. The molecule has 3 nitrogen and oxygen atoms in total. The summed E-state index contributed by atoms with van der Waals surface area (Å²) in [4.78, 5) is 3.81. The summed E-state index contributed by atoms with van der Waals surface area (Å²) in [6, 6.07) is 5.77. The zero-order chi connectivity index (χ0) is 18.8. The first-order chi connectivity index (χ1) is 11.6. The fourth-order valence-electron chi connectivity index (χ4n) is 2.22. The summed E-state index contributed by atoms with van der Waals surface area (Å²) in [5.41, 5.74) is 1.36. The number of alkyl halides is 4. The molecule has 9 heteroatoms. The molecule has 0 aliphatic rings. The molecule has 2 aromatic rings. The Labute approximate surface area is 145 Å². The zero-order valence-electron chi connectivity index (χ0n) is 12.7. The van der Waals surface area contributed by atoms with Gasteiger partial charge in [0.15, 0.2) is 0 Å². The summed E-state index contributed by atoms with van der Waals surface area (Å²) in [7, 11) is 0. The number of rotatable bonds is 5. The van der Waals surface area contributed by atoms with Crippen molar-refractivity contribution in [1.29, 1.82) is 0 Å². The summed E-state index contributed by atoms with van der Waals surface area (Å²) in [6.45, 7) is -1.98. The second kappa shape index (κ2) is 7.23. The molecule has 0 aliphatic carbocycles. The molecule has 0 aliphatic heterocycles. The van der Waals surface area contributed by atoms with E-state index in [9.17, 15) is 27.1 Å². The largest absolute Gasteiger partial charge is 0.424 e. The molecule has 0 spiro atoms. The summed E-state index contributed by atoms with van der Waals surface area (Å²) >= 11 is 5.68. The lowest BCUT2D eigenvalue weighted by Crippen LogP contribution is -2.49. The van der Waals surface area contributed by atoms with Crippen LogP contribution in [0.3, 0.4) is 0 Å². The van der Waals surface area contributed by atoms with Gasteiger partial charge in [0.2, 0.25) is 5.60 Å². The molecule has 136 valence electrons. The number of halogens is 6. The van der Waals surface area contributed by atoms with Crippen molar-refractivity contribution in [3.63, 3.8) is 0 Å². The van der Waals surface area contributed by atoms with E-state index in [0.29, 0.717) is 0 Å². The van der Waals surface area contributed by atoms with Gasteiger partial charge in [0.05, 0.1) is 23.1 Å². The van der Waals surface area contributed by atoms with Crippen molar-refractivity contribution in [3.8, 4) is 11.3 Å². The van der Waals surface area contributed by atoms with Crippen molar-refractivity contribution in [2.75, 3.05) is 13.2 Å². The number of benzene rings is 1. The van der Waals surface area contributed by atoms with E-state index in [4.69, 9.17) is 17.3 Å². The molecule has 1 aromatic heterocycles. The Hall–Kier alpha value is -1.77. The monoisotopic (exact) mass is 380 g/mol. The predicted octanol–water partition coefficient (Wildman–Crippen LogP) is 3.76. The summed E-state index contributed by atoms with van der Waals surface area (Å²) in [6.07, 6.45) is -5.27. The van der Waals surface area contributed by atoms with Crippen LogP contribution in [0.1, 0.15) is 11.3 Å². The van der Waals surface area contributed by atoms with Crippen LogP contribution >= 0.6 is 11.6 Å². The first-order valence-corrected chi connectivity index (χ1v) is 7.52. The quantitative estimate of drug-likeness (QED) is 0.776. The molecule has 25 heavy (non-hydrogen) atoms. The molecule has 3 N–H and O–H groups in total. The average molecular weight is 381 g/mol. The molecular weight excluding hydrogens is 367 g/mol. The van der Waals surface area contributed by atoms with Crippen LogP contribution in [0.25, 0.3) is 11.3 Å². The normalized spacial score (nSPS) is 14.4. The van der Waals surface area contributed by atoms with Gasteiger partial charge in [-0.05, 0) is 35.9 Å². The topological polar surface area (TPSA) is 59.1 Å². The molecule has 0 saturated carbocycles. The Bertz CT molecular complexity index is 769. The fraction of sp³-hybridized carbons (Fsp3) is 0.312. The Morgan fingerprint density at radius 2 is 1.84 bits per heavy atom. The number of aryl methyl sites for hydroxylation is 1. The number of hydrogen-bond donors (Lipinski definition) is 2. The second-order valence-electron chi connectivity index (χ2n) is 5.38. The van der Waals surface area contributed by atoms with Crippen molar-refractivity contribution >= 4 is 11.6 Å². The van der Waals surface area contributed by atoms with Crippen LogP contribution in [0.5, 0.6) is 0 Å². The van der Waals surface area contributed by atoms with Crippen LogP contribution in [0.2, 0.25) is 5.02 Å². The molecule has 2 rings (SSSR count).